The van der Waals surface area contributed by atoms with Crippen molar-refractivity contribution < 1.29 is 14.8 Å². The van der Waals surface area contributed by atoms with Crippen LogP contribution in [-0.2, 0) is 4.74 Å². The molecule has 3 nitrogen and oxygen atoms in total. The zero-order valence-electron chi connectivity index (χ0n) is 10.6. The molecule has 0 amide bonds. The van der Waals surface area contributed by atoms with Crippen molar-refractivity contribution in [1.29, 1.82) is 0 Å². The van der Waals surface area contributed by atoms with Gasteiger partial charge in [0, 0.05) is 26.0 Å². The van der Waals surface area contributed by atoms with E-state index in [2.05, 4.69) is 5.32 Å². The van der Waals surface area contributed by atoms with Gasteiger partial charge in [0.25, 0.3) is 0 Å². The highest BCUT2D eigenvalue weighted by Gasteiger charge is 2.00. The van der Waals surface area contributed by atoms with Crippen molar-refractivity contribution in [3.63, 3.8) is 0 Å². The maximum Gasteiger partial charge on any atom is 0.120 e. The Morgan fingerprint density at radius 2 is 1.78 bits per heavy atom. The summed E-state index contributed by atoms with van der Waals surface area (Å²) in [7, 11) is 1.73. The molecule has 0 aliphatic carbocycles. The van der Waals surface area contributed by atoms with Crippen molar-refractivity contribution in [2.75, 3.05) is 33.4 Å². The molecule has 0 aromatic heterocycles. The lowest BCUT2D eigenvalue weighted by Gasteiger charge is -2.06. The number of ether oxygens (including phenoxy) is 2. The van der Waals surface area contributed by atoms with Gasteiger partial charge in [-0.1, -0.05) is 23.2 Å². The van der Waals surface area contributed by atoms with E-state index in [9.17, 15) is 0 Å². The molecule has 1 aromatic carbocycles. The summed E-state index contributed by atoms with van der Waals surface area (Å²) in [5, 5.41) is 3.35. The standard InChI is InChI=1S/C13H19Cl2NO2/c1-17-8-2-6-16-7-3-9-18-11-4-5-12(14)13(15)10-11/h4-5,10,16H,2-3,6-9H2,1H3/p+1. The van der Waals surface area contributed by atoms with Gasteiger partial charge in [0.15, 0.2) is 0 Å². The van der Waals surface area contributed by atoms with Gasteiger partial charge in [-0.05, 0) is 12.1 Å². The van der Waals surface area contributed by atoms with Crippen LogP contribution in [-0.4, -0.2) is 33.4 Å². The lowest BCUT2D eigenvalue weighted by atomic mass is 10.3. The minimum atomic E-state index is 0.528. The molecule has 2 N–H and O–H groups in total. The van der Waals surface area contributed by atoms with Crippen LogP contribution in [0.3, 0.4) is 0 Å². The Balaban J connectivity index is 2.05. The van der Waals surface area contributed by atoms with E-state index in [4.69, 9.17) is 32.7 Å². The highest BCUT2D eigenvalue weighted by molar-refractivity contribution is 6.42. The Bertz CT molecular complexity index is 348. The molecule has 1 aromatic rings. The number of hydrogen-bond acceptors (Lipinski definition) is 2. The molecule has 0 unspecified atom stereocenters. The van der Waals surface area contributed by atoms with Crippen LogP contribution in [0.4, 0.5) is 0 Å². The SMILES string of the molecule is COCCC[NH2+]CCCOc1ccc(Cl)c(Cl)c1. The third-order valence-electron chi connectivity index (χ3n) is 2.47. The predicted molar refractivity (Wildman–Crippen MR) is 74.7 cm³/mol. The van der Waals surface area contributed by atoms with E-state index in [0.717, 1.165) is 38.3 Å². The van der Waals surface area contributed by atoms with Crippen molar-refractivity contribution in [3.05, 3.63) is 28.2 Å². The molecule has 0 bridgehead atoms. The predicted octanol–water partition coefficient (Wildman–Crippen LogP) is 2.36. The van der Waals surface area contributed by atoms with Gasteiger partial charge in [0.05, 0.1) is 36.3 Å². The normalized spacial score (nSPS) is 10.6. The Labute approximate surface area is 118 Å². The van der Waals surface area contributed by atoms with E-state index in [-0.39, 0.29) is 0 Å². The van der Waals surface area contributed by atoms with Gasteiger partial charge in [-0.2, -0.15) is 0 Å². The highest BCUT2D eigenvalue weighted by Crippen LogP contribution is 2.26. The summed E-state index contributed by atoms with van der Waals surface area (Å²) in [6.45, 7) is 3.68. The lowest BCUT2D eigenvalue weighted by molar-refractivity contribution is -0.655. The average Bonchev–Trinajstić information content (AvgIpc) is 2.37. The van der Waals surface area contributed by atoms with E-state index >= 15 is 0 Å². The summed E-state index contributed by atoms with van der Waals surface area (Å²) in [6, 6.07) is 5.32. The summed E-state index contributed by atoms with van der Waals surface area (Å²) in [4.78, 5) is 0. The van der Waals surface area contributed by atoms with E-state index in [1.165, 1.54) is 0 Å². The second kappa shape index (κ2) is 9.45. The number of rotatable bonds is 9. The van der Waals surface area contributed by atoms with Crippen LogP contribution < -0.4 is 10.1 Å². The molecule has 0 aliphatic rings. The zero-order valence-corrected chi connectivity index (χ0v) is 12.1. The fourth-order valence-electron chi connectivity index (χ4n) is 1.50. The number of hydrogen-bond donors (Lipinski definition) is 1. The second-order valence-corrected chi connectivity index (χ2v) is 4.80. The summed E-state index contributed by atoms with van der Waals surface area (Å²) in [6.07, 6.45) is 2.09. The maximum absolute atomic E-state index is 5.89. The molecule has 0 aliphatic heterocycles. The molecule has 102 valence electrons. The summed E-state index contributed by atoms with van der Waals surface area (Å²) < 4.78 is 10.6. The fraction of sp³-hybridized carbons (Fsp3) is 0.538. The molecule has 0 fully saturated rings. The third kappa shape index (κ3) is 6.45. The topological polar surface area (TPSA) is 35.1 Å². The third-order valence-corrected chi connectivity index (χ3v) is 3.21. The van der Waals surface area contributed by atoms with Gasteiger partial charge in [-0.25, -0.2) is 0 Å². The molecule has 0 spiro atoms. The zero-order chi connectivity index (χ0) is 13.2. The summed E-state index contributed by atoms with van der Waals surface area (Å²) in [5.41, 5.74) is 0. The molecular formula is C13H20Cl2NO2+. The van der Waals surface area contributed by atoms with E-state index in [1.807, 2.05) is 6.07 Å². The smallest absolute Gasteiger partial charge is 0.120 e. The lowest BCUT2D eigenvalue weighted by Crippen LogP contribution is -2.84. The first-order valence-corrected chi connectivity index (χ1v) is 6.88. The van der Waals surface area contributed by atoms with Crippen molar-refractivity contribution in [2.24, 2.45) is 0 Å². The Morgan fingerprint density at radius 1 is 1.06 bits per heavy atom. The van der Waals surface area contributed by atoms with Crippen LogP contribution in [0.1, 0.15) is 12.8 Å². The van der Waals surface area contributed by atoms with Crippen molar-refractivity contribution in [3.8, 4) is 5.75 Å². The van der Waals surface area contributed by atoms with Gasteiger partial charge in [-0.3, -0.25) is 0 Å². The highest BCUT2D eigenvalue weighted by atomic mass is 35.5. The first-order chi connectivity index (χ1) is 8.74. The summed E-state index contributed by atoms with van der Waals surface area (Å²) in [5.74, 6) is 0.767. The first-order valence-electron chi connectivity index (χ1n) is 6.12. The Kier molecular flexibility index (Phi) is 8.18. The van der Waals surface area contributed by atoms with Gasteiger partial charge in [0.1, 0.15) is 5.75 Å². The minimum absolute atomic E-state index is 0.528. The molecule has 0 atom stereocenters. The second-order valence-electron chi connectivity index (χ2n) is 3.99. The van der Waals surface area contributed by atoms with Gasteiger partial charge in [0.2, 0.25) is 0 Å². The molecule has 0 saturated heterocycles. The van der Waals surface area contributed by atoms with Crippen LogP contribution in [0.25, 0.3) is 0 Å². The first kappa shape index (κ1) is 15.6. The number of quaternary nitrogens is 1. The van der Waals surface area contributed by atoms with Gasteiger partial charge < -0.3 is 14.8 Å². The van der Waals surface area contributed by atoms with Crippen molar-refractivity contribution in [1.82, 2.24) is 0 Å². The monoisotopic (exact) mass is 292 g/mol. The molecule has 1 rings (SSSR count). The maximum atomic E-state index is 5.89. The van der Waals surface area contributed by atoms with Crippen LogP contribution in [0, 0.1) is 0 Å². The average molecular weight is 293 g/mol. The van der Waals surface area contributed by atoms with E-state index in [0.29, 0.717) is 16.7 Å². The summed E-state index contributed by atoms with van der Waals surface area (Å²) >= 11 is 11.7. The number of methoxy groups -OCH3 is 1. The van der Waals surface area contributed by atoms with Crippen LogP contribution in [0.2, 0.25) is 10.0 Å². The van der Waals surface area contributed by atoms with Crippen molar-refractivity contribution in [2.45, 2.75) is 12.8 Å². The largest absolute Gasteiger partial charge is 0.493 e. The van der Waals surface area contributed by atoms with E-state index < -0.39 is 0 Å². The number of nitrogens with two attached hydrogens (primary N) is 1. The molecule has 0 radical (unpaired) electrons. The molecule has 0 saturated carbocycles. The molecule has 18 heavy (non-hydrogen) atoms. The fourth-order valence-corrected chi connectivity index (χ4v) is 1.79. The number of benzene rings is 1. The number of halogens is 2. The van der Waals surface area contributed by atoms with Crippen LogP contribution in [0.5, 0.6) is 5.75 Å². The molecular weight excluding hydrogens is 273 g/mol. The molecule has 5 heteroatoms. The Hall–Kier alpha value is -0.480. The van der Waals surface area contributed by atoms with Gasteiger partial charge >= 0.3 is 0 Å². The quantitative estimate of drug-likeness (QED) is 0.709. The van der Waals surface area contributed by atoms with Crippen molar-refractivity contribution >= 4 is 23.2 Å². The van der Waals surface area contributed by atoms with Gasteiger partial charge in [-0.15, -0.1) is 0 Å². The van der Waals surface area contributed by atoms with Crippen LogP contribution >= 0.6 is 23.2 Å². The van der Waals surface area contributed by atoms with Crippen LogP contribution in [0.15, 0.2) is 18.2 Å². The van der Waals surface area contributed by atoms with E-state index in [1.54, 1.807) is 19.2 Å². The Morgan fingerprint density at radius 3 is 2.44 bits per heavy atom. The minimum Gasteiger partial charge on any atom is -0.493 e. The molecule has 0 heterocycles.